The quantitative estimate of drug-likeness (QED) is 0.281. The van der Waals surface area contributed by atoms with Crippen LogP contribution in [0, 0.1) is 0 Å². The van der Waals surface area contributed by atoms with Crippen LogP contribution in [0.1, 0.15) is 67.1 Å². The minimum atomic E-state index is -2.14. The van der Waals surface area contributed by atoms with Gasteiger partial charge in [0.2, 0.25) is 0 Å². The molecule has 3 unspecified atom stereocenters. The molecule has 0 spiro atoms. The summed E-state index contributed by atoms with van der Waals surface area (Å²) < 4.78 is 19.3. The first-order chi connectivity index (χ1) is 17.4. The average Bonchev–Trinajstić information content (AvgIpc) is 3.20. The van der Waals surface area contributed by atoms with Crippen LogP contribution < -0.4 is 4.90 Å². The number of aliphatic hydroxyl groups excluding tert-OH is 1. The van der Waals surface area contributed by atoms with Gasteiger partial charge in [-0.05, 0) is 67.1 Å². The molecule has 2 rings (SSSR count). The molecule has 1 aromatic rings. The van der Waals surface area contributed by atoms with Crippen LogP contribution in [0.5, 0.6) is 0 Å². The largest absolute Gasteiger partial charge is 0.441 e. The van der Waals surface area contributed by atoms with Gasteiger partial charge in [0.1, 0.15) is 6.10 Å². The molecule has 0 aromatic heterocycles. The van der Waals surface area contributed by atoms with E-state index in [9.17, 15) is 9.90 Å². The van der Waals surface area contributed by atoms with Crippen molar-refractivity contribution in [3.63, 3.8) is 0 Å². The topological polar surface area (TPSA) is 71.5 Å². The van der Waals surface area contributed by atoms with Crippen molar-refractivity contribution >= 4 is 28.4 Å². The van der Waals surface area contributed by atoms with Crippen molar-refractivity contribution in [2.75, 3.05) is 37.7 Å². The molecule has 1 aliphatic rings. The number of cyclic esters (lactones) is 1. The molecule has 0 radical (unpaired) electrons. The van der Waals surface area contributed by atoms with Crippen LogP contribution in [0.4, 0.5) is 10.5 Å². The molecule has 1 fully saturated rings. The maximum absolute atomic E-state index is 12.4. The van der Waals surface area contributed by atoms with Crippen molar-refractivity contribution in [2.45, 2.75) is 110 Å². The molecule has 1 aliphatic heterocycles. The fraction of sp³-hybridized carbons (Fsp3) is 0.759. The summed E-state index contributed by atoms with van der Waals surface area (Å²) >= 11 is 0. The third kappa shape index (κ3) is 7.70. The Kier molecular flexibility index (Phi) is 10.9. The zero-order valence-corrected chi connectivity index (χ0v) is 28.1. The molecular formula is C29H54N2O5Si2. The fourth-order valence-electron chi connectivity index (χ4n) is 4.12. The number of hydrogen-bond acceptors (Lipinski definition) is 6. The number of benzene rings is 1. The number of hydrogen-bond donors (Lipinski definition) is 1. The lowest BCUT2D eigenvalue weighted by atomic mass is 10.0. The molecule has 1 N–H and O–H groups in total. The van der Waals surface area contributed by atoms with E-state index in [-0.39, 0.29) is 28.8 Å². The van der Waals surface area contributed by atoms with Crippen LogP contribution >= 0.6 is 0 Å². The summed E-state index contributed by atoms with van der Waals surface area (Å²) in [6.45, 7) is 29.8. The summed E-state index contributed by atoms with van der Waals surface area (Å²) in [5, 5.41) is 9.60. The van der Waals surface area contributed by atoms with E-state index in [0.29, 0.717) is 13.2 Å². The minimum Gasteiger partial charge on any atom is -0.441 e. The predicted octanol–water partition coefficient (Wildman–Crippen LogP) is 6.80. The van der Waals surface area contributed by atoms with Crippen molar-refractivity contribution in [3.8, 4) is 0 Å². The molecule has 1 amide bonds. The number of carbonyl (C=O) groups is 1. The van der Waals surface area contributed by atoms with Crippen molar-refractivity contribution in [1.29, 1.82) is 0 Å². The van der Waals surface area contributed by atoms with E-state index in [1.807, 2.05) is 12.1 Å². The first-order valence-electron chi connectivity index (χ1n) is 14.1. The summed E-state index contributed by atoms with van der Waals surface area (Å²) in [5.74, 6) is 0. The Hall–Kier alpha value is -1.24. The second-order valence-electron chi connectivity index (χ2n) is 13.5. The van der Waals surface area contributed by atoms with Crippen LogP contribution in [-0.2, 0) is 13.6 Å². The Morgan fingerprint density at radius 2 is 1.53 bits per heavy atom. The molecule has 0 saturated carbocycles. The molecule has 0 aliphatic carbocycles. The van der Waals surface area contributed by atoms with Gasteiger partial charge in [-0.3, -0.25) is 9.80 Å². The van der Waals surface area contributed by atoms with E-state index in [2.05, 4.69) is 98.6 Å². The third-order valence-corrected chi connectivity index (χ3v) is 17.8. The molecule has 218 valence electrons. The summed E-state index contributed by atoms with van der Waals surface area (Å²) in [6, 6.07) is 8.14. The van der Waals surface area contributed by atoms with Gasteiger partial charge in [0.05, 0.1) is 31.9 Å². The van der Waals surface area contributed by atoms with Crippen LogP contribution in [-0.4, -0.2) is 77.7 Å². The van der Waals surface area contributed by atoms with Crippen molar-refractivity contribution in [2.24, 2.45) is 0 Å². The zero-order valence-electron chi connectivity index (χ0n) is 26.1. The number of aliphatic hydroxyl groups is 1. The lowest BCUT2D eigenvalue weighted by Gasteiger charge is -2.45. The fourth-order valence-corrected chi connectivity index (χ4v) is 6.42. The van der Waals surface area contributed by atoms with Crippen molar-refractivity contribution in [1.82, 2.24) is 4.90 Å². The Balaban J connectivity index is 2.51. The lowest BCUT2D eigenvalue weighted by molar-refractivity contribution is 0.0291. The van der Waals surface area contributed by atoms with E-state index in [4.69, 9.17) is 13.6 Å². The highest BCUT2D eigenvalue weighted by atomic mass is 28.4. The summed E-state index contributed by atoms with van der Waals surface area (Å²) in [4.78, 5) is 16.4. The van der Waals surface area contributed by atoms with E-state index in [0.717, 1.165) is 24.3 Å². The van der Waals surface area contributed by atoms with Gasteiger partial charge in [0, 0.05) is 5.69 Å². The number of ether oxygens (including phenoxy) is 1. The second kappa shape index (κ2) is 12.5. The van der Waals surface area contributed by atoms with Gasteiger partial charge in [0.15, 0.2) is 16.6 Å². The highest BCUT2D eigenvalue weighted by Crippen LogP contribution is 2.42. The van der Waals surface area contributed by atoms with Crippen molar-refractivity contribution < 1.29 is 23.5 Å². The maximum atomic E-state index is 12.4. The molecule has 7 nitrogen and oxygen atoms in total. The summed E-state index contributed by atoms with van der Waals surface area (Å²) in [7, 11) is -4.12. The molecule has 1 saturated heterocycles. The first-order valence-corrected chi connectivity index (χ1v) is 19.9. The number of anilines is 1. The molecular weight excluding hydrogens is 513 g/mol. The van der Waals surface area contributed by atoms with Gasteiger partial charge < -0.3 is 18.7 Å². The molecule has 9 heteroatoms. The number of likely N-dealkylation sites (N-methyl/N-ethyl adjacent to an activating group) is 1. The molecule has 38 heavy (non-hydrogen) atoms. The molecule has 1 heterocycles. The summed E-state index contributed by atoms with van der Waals surface area (Å²) in [6.07, 6.45) is -1.09. The molecule has 0 bridgehead atoms. The Bertz CT molecular complexity index is 905. The second-order valence-corrected chi connectivity index (χ2v) is 23.1. The Labute approximate surface area is 234 Å². The summed E-state index contributed by atoms with van der Waals surface area (Å²) in [5.41, 5.74) is 1.85. The number of nitrogens with zero attached hydrogens (tertiary/aromatic N) is 2. The Morgan fingerprint density at radius 1 is 1.00 bits per heavy atom. The van der Waals surface area contributed by atoms with E-state index in [1.54, 1.807) is 4.90 Å². The highest BCUT2D eigenvalue weighted by Gasteiger charge is 2.44. The van der Waals surface area contributed by atoms with E-state index >= 15 is 0 Å². The van der Waals surface area contributed by atoms with Gasteiger partial charge >= 0.3 is 6.09 Å². The van der Waals surface area contributed by atoms with Crippen LogP contribution in [0.2, 0.25) is 36.3 Å². The zero-order chi connectivity index (χ0) is 29.1. The van der Waals surface area contributed by atoms with E-state index in [1.165, 1.54) is 0 Å². The monoisotopic (exact) mass is 566 g/mol. The normalized spacial score (nSPS) is 19.2. The standard InChI is InChI=1S/C29H54N2O5Si2/c1-13-30(14-2)25(21-34-37(9,10)28(3,4)5)26(36-38(11,12)29(6,7)8)22-15-17-23(18-16-22)31-19-24(20-32)35-27(31)33/h15-18,24-26,32H,13-14,19-21H2,1-12H3. The van der Waals surface area contributed by atoms with Crippen molar-refractivity contribution in [3.05, 3.63) is 29.8 Å². The minimum absolute atomic E-state index is 0.0506. The van der Waals surface area contributed by atoms with Gasteiger partial charge in [0.25, 0.3) is 0 Å². The Morgan fingerprint density at radius 3 is 1.95 bits per heavy atom. The van der Waals surface area contributed by atoms with Crippen LogP contribution in [0.25, 0.3) is 0 Å². The number of amides is 1. The lowest BCUT2D eigenvalue weighted by Crippen LogP contribution is -2.52. The van der Waals surface area contributed by atoms with Crippen LogP contribution in [0.3, 0.4) is 0 Å². The molecule has 1 aromatic carbocycles. The third-order valence-electron chi connectivity index (χ3n) is 8.89. The highest BCUT2D eigenvalue weighted by molar-refractivity contribution is 6.74. The van der Waals surface area contributed by atoms with Gasteiger partial charge in [-0.15, -0.1) is 0 Å². The van der Waals surface area contributed by atoms with Gasteiger partial charge in [-0.25, -0.2) is 4.79 Å². The number of rotatable bonds is 12. The van der Waals surface area contributed by atoms with Gasteiger partial charge in [-0.2, -0.15) is 0 Å². The van der Waals surface area contributed by atoms with Crippen LogP contribution in [0.15, 0.2) is 24.3 Å². The molecule has 3 atom stereocenters. The first kappa shape index (κ1) is 33.0. The number of carbonyl (C=O) groups excluding carboxylic acids is 1. The average molecular weight is 567 g/mol. The SMILES string of the molecule is CCN(CC)C(CO[Si](C)(C)C(C)(C)C)C(O[Si](C)(C)C(C)(C)C)c1ccc(N2CC(CO)OC2=O)cc1. The van der Waals surface area contributed by atoms with Gasteiger partial charge in [-0.1, -0.05) is 67.5 Å². The van der Waals surface area contributed by atoms with E-state index < -0.39 is 28.8 Å². The maximum Gasteiger partial charge on any atom is 0.414 e. The predicted molar refractivity (Wildman–Crippen MR) is 162 cm³/mol. The smallest absolute Gasteiger partial charge is 0.414 e.